The molecule has 0 saturated heterocycles. The normalized spacial score (nSPS) is 10.8. The van der Waals surface area contributed by atoms with E-state index in [1.54, 1.807) is 11.0 Å². The van der Waals surface area contributed by atoms with Crippen LogP contribution in [0.25, 0.3) is 5.69 Å². The van der Waals surface area contributed by atoms with E-state index >= 15 is 0 Å². The number of thiophene rings is 1. The fourth-order valence-corrected chi connectivity index (χ4v) is 3.47. The number of nitrogens with zero attached hydrogens (tertiary/aromatic N) is 3. The van der Waals surface area contributed by atoms with E-state index in [0.717, 1.165) is 17.9 Å². The molecule has 3 aromatic rings. The van der Waals surface area contributed by atoms with Gasteiger partial charge in [-0.05, 0) is 37.6 Å². The maximum Gasteiger partial charge on any atom is 0.138 e. The fourth-order valence-electron chi connectivity index (χ4n) is 2.26. The molecule has 0 aliphatic carbocycles. The van der Waals surface area contributed by atoms with Gasteiger partial charge in [-0.2, -0.15) is 5.10 Å². The number of rotatable bonds is 4. The van der Waals surface area contributed by atoms with Gasteiger partial charge in [-0.1, -0.05) is 17.7 Å². The van der Waals surface area contributed by atoms with Crippen LogP contribution in [-0.2, 0) is 6.54 Å². The third-order valence-corrected chi connectivity index (χ3v) is 4.56. The maximum atomic E-state index is 6.31. The van der Waals surface area contributed by atoms with Gasteiger partial charge >= 0.3 is 0 Å². The predicted octanol–water partition coefficient (Wildman–Crippen LogP) is 4.21. The Kier molecular flexibility index (Phi) is 3.94. The highest BCUT2D eigenvalue weighted by Crippen LogP contribution is 2.29. The molecule has 0 radical (unpaired) electrons. The molecule has 0 spiro atoms. The van der Waals surface area contributed by atoms with Crippen molar-refractivity contribution in [2.75, 3.05) is 5.32 Å². The topological polar surface area (TPSA) is 42.7 Å². The highest BCUT2D eigenvalue weighted by atomic mass is 35.5. The summed E-state index contributed by atoms with van der Waals surface area (Å²) in [7, 11) is 0. The molecule has 1 N–H and O–H groups in total. The Balaban J connectivity index is 1.89. The summed E-state index contributed by atoms with van der Waals surface area (Å²) in [4.78, 5) is 6.65. The van der Waals surface area contributed by atoms with E-state index in [0.29, 0.717) is 5.02 Å². The zero-order valence-electron chi connectivity index (χ0n) is 11.8. The van der Waals surface area contributed by atoms with Crippen LogP contribution >= 0.6 is 22.9 Å². The smallest absolute Gasteiger partial charge is 0.138 e. The zero-order chi connectivity index (χ0) is 14.8. The van der Waals surface area contributed by atoms with Gasteiger partial charge in [0.25, 0.3) is 0 Å². The maximum absolute atomic E-state index is 6.31. The van der Waals surface area contributed by atoms with Gasteiger partial charge in [-0.25, -0.2) is 9.67 Å². The molecule has 0 aliphatic heterocycles. The Morgan fingerprint density at radius 3 is 2.86 bits per heavy atom. The number of aromatic nitrogens is 3. The van der Waals surface area contributed by atoms with Crippen LogP contribution in [0.5, 0.6) is 0 Å². The molecular formula is C15H15ClN4S. The molecule has 0 aliphatic rings. The lowest BCUT2D eigenvalue weighted by Gasteiger charge is -2.13. The number of para-hydroxylation sites is 1. The summed E-state index contributed by atoms with van der Waals surface area (Å²) in [5.74, 6) is 0. The van der Waals surface area contributed by atoms with Crippen LogP contribution < -0.4 is 5.32 Å². The lowest BCUT2D eigenvalue weighted by Crippen LogP contribution is -2.05. The van der Waals surface area contributed by atoms with E-state index in [1.165, 1.54) is 21.6 Å². The molecular weight excluding hydrogens is 304 g/mol. The minimum atomic E-state index is 0.642. The number of aryl methyl sites for hydroxylation is 2. The number of nitrogens with one attached hydrogen (secondary N) is 1. The van der Waals surface area contributed by atoms with Crippen molar-refractivity contribution < 1.29 is 0 Å². The molecule has 2 aromatic heterocycles. The lowest BCUT2D eigenvalue weighted by atomic mass is 10.2. The Hall–Kier alpha value is -1.85. The average molecular weight is 319 g/mol. The molecule has 1 aromatic carbocycles. The first-order chi connectivity index (χ1) is 10.1. The Morgan fingerprint density at radius 2 is 2.19 bits per heavy atom. The molecule has 0 fully saturated rings. The molecule has 4 nitrogen and oxygen atoms in total. The first-order valence-electron chi connectivity index (χ1n) is 6.58. The van der Waals surface area contributed by atoms with Crippen LogP contribution in [0.1, 0.15) is 15.3 Å². The van der Waals surface area contributed by atoms with Crippen LogP contribution in [0.2, 0.25) is 5.02 Å². The SMILES string of the molecule is Cc1cc(CNc2cccc(Cl)c2-n2cncn2)c(C)s1. The van der Waals surface area contributed by atoms with Gasteiger partial charge in [0.2, 0.25) is 0 Å². The Bertz CT molecular complexity index is 749. The number of anilines is 1. The van der Waals surface area contributed by atoms with Gasteiger partial charge in [0.05, 0.1) is 10.7 Å². The van der Waals surface area contributed by atoms with Gasteiger partial charge in [0.1, 0.15) is 18.3 Å². The molecule has 0 atom stereocenters. The highest BCUT2D eigenvalue weighted by Gasteiger charge is 2.10. The van der Waals surface area contributed by atoms with Gasteiger partial charge in [-0.3, -0.25) is 0 Å². The summed E-state index contributed by atoms with van der Waals surface area (Å²) in [6, 6.07) is 7.99. The Labute approximate surface area is 132 Å². The summed E-state index contributed by atoms with van der Waals surface area (Å²) in [5.41, 5.74) is 3.07. The van der Waals surface area contributed by atoms with Crippen molar-refractivity contribution in [3.05, 3.63) is 57.3 Å². The van der Waals surface area contributed by atoms with E-state index in [4.69, 9.17) is 11.6 Å². The summed E-state index contributed by atoms with van der Waals surface area (Å²) in [6.07, 6.45) is 3.14. The molecule has 21 heavy (non-hydrogen) atoms. The van der Waals surface area contributed by atoms with Crippen LogP contribution in [0.3, 0.4) is 0 Å². The first kappa shape index (κ1) is 14.1. The first-order valence-corrected chi connectivity index (χ1v) is 7.78. The summed E-state index contributed by atoms with van der Waals surface area (Å²) in [5, 5.41) is 8.26. The van der Waals surface area contributed by atoms with Gasteiger partial charge in [0.15, 0.2) is 0 Å². The van der Waals surface area contributed by atoms with Crippen LogP contribution in [0.15, 0.2) is 36.9 Å². The second-order valence-electron chi connectivity index (χ2n) is 4.77. The average Bonchev–Trinajstić information content (AvgIpc) is 3.06. The minimum absolute atomic E-state index is 0.642. The quantitative estimate of drug-likeness (QED) is 0.783. The third-order valence-electron chi connectivity index (χ3n) is 3.25. The van der Waals surface area contributed by atoms with E-state index in [2.05, 4.69) is 35.3 Å². The van der Waals surface area contributed by atoms with Crippen molar-refractivity contribution >= 4 is 28.6 Å². The van der Waals surface area contributed by atoms with Gasteiger partial charge < -0.3 is 5.32 Å². The van der Waals surface area contributed by atoms with Gasteiger partial charge in [0, 0.05) is 16.3 Å². The van der Waals surface area contributed by atoms with Crippen molar-refractivity contribution in [3.8, 4) is 5.69 Å². The second kappa shape index (κ2) is 5.87. The summed E-state index contributed by atoms with van der Waals surface area (Å²) >= 11 is 8.13. The van der Waals surface area contributed by atoms with Crippen molar-refractivity contribution in [2.45, 2.75) is 20.4 Å². The van der Waals surface area contributed by atoms with E-state index < -0.39 is 0 Å². The van der Waals surface area contributed by atoms with Crippen LogP contribution in [-0.4, -0.2) is 14.8 Å². The van der Waals surface area contributed by atoms with E-state index in [9.17, 15) is 0 Å². The van der Waals surface area contributed by atoms with Crippen LogP contribution in [0, 0.1) is 13.8 Å². The largest absolute Gasteiger partial charge is 0.379 e. The van der Waals surface area contributed by atoms with Crippen molar-refractivity contribution in [3.63, 3.8) is 0 Å². The standard InChI is InChI=1S/C15H15ClN4S/c1-10-6-12(11(2)21-10)7-18-14-5-3-4-13(16)15(14)20-9-17-8-19-20/h3-6,8-9,18H,7H2,1-2H3. The highest BCUT2D eigenvalue weighted by molar-refractivity contribution is 7.12. The minimum Gasteiger partial charge on any atom is -0.379 e. The second-order valence-corrected chi connectivity index (χ2v) is 6.64. The number of hydrogen-bond donors (Lipinski definition) is 1. The predicted molar refractivity (Wildman–Crippen MR) is 87.5 cm³/mol. The number of halogens is 1. The number of benzene rings is 1. The van der Waals surface area contributed by atoms with Crippen molar-refractivity contribution in [1.29, 1.82) is 0 Å². The van der Waals surface area contributed by atoms with Crippen molar-refractivity contribution in [2.24, 2.45) is 0 Å². The number of hydrogen-bond acceptors (Lipinski definition) is 4. The third kappa shape index (κ3) is 2.94. The lowest BCUT2D eigenvalue weighted by molar-refractivity contribution is 0.878. The van der Waals surface area contributed by atoms with E-state index in [-0.39, 0.29) is 0 Å². The van der Waals surface area contributed by atoms with Crippen LogP contribution in [0.4, 0.5) is 5.69 Å². The fraction of sp³-hybridized carbons (Fsp3) is 0.200. The molecule has 0 unspecified atom stereocenters. The summed E-state index contributed by atoms with van der Waals surface area (Å²) in [6.45, 7) is 5.03. The summed E-state index contributed by atoms with van der Waals surface area (Å²) < 4.78 is 1.68. The molecule has 3 rings (SSSR count). The molecule has 108 valence electrons. The van der Waals surface area contributed by atoms with E-state index in [1.807, 2.05) is 29.5 Å². The Morgan fingerprint density at radius 1 is 1.33 bits per heavy atom. The van der Waals surface area contributed by atoms with Gasteiger partial charge in [-0.15, -0.1) is 11.3 Å². The van der Waals surface area contributed by atoms with Crippen molar-refractivity contribution in [1.82, 2.24) is 14.8 Å². The molecule has 2 heterocycles. The molecule has 0 bridgehead atoms. The zero-order valence-corrected chi connectivity index (χ0v) is 13.4. The molecule has 0 amide bonds. The molecule has 6 heteroatoms. The molecule has 0 saturated carbocycles. The monoisotopic (exact) mass is 318 g/mol.